The molecule has 1 aromatic heterocycles. The zero-order chi connectivity index (χ0) is 17.3. The van der Waals surface area contributed by atoms with Gasteiger partial charge in [0.15, 0.2) is 0 Å². The van der Waals surface area contributed by atoms with Crippen LogP contribution in [0.25, 0.3) is 10.8 Å². The van der Waals surface area contributed by atoms with Gasteiger partial charge in [0.2, 0.25) is 10.0 Å². The number of piperidine rings is 1. The quantitative estimate of drug-likeness (QED) is 0.779. The second-order valence-corrected chi connectivity index (χ2v) is 8.47. The minimum Gasteiger partial charge on any atom is -0.356 e. The van der Waals surface area contributed by atoms with Gasteiger partial charge in [-0.05, 0) is 24.3 Å². The first-order valence-electron chi connectivity index (χ1n) is 8.17. The molecule has 1 aliphatic heterocycles. The van der Waals surface area contributed by atoms with Crippen LogP contribution in [0.15, 0.2) is 30.3 Å². The van der Waals surface area contributed by atoms with Gasteiger partial charge in [-0.3, -0.25) is 0 Å². The fourth-order valence-corrected chi connectivity index (χ4v) is 4.93. The predicted octanol–water partition coefficient (Wildman–Crippen LogP) is 3.14. The zero-order valence-corrected chi connectivity index (χ0v) is 15.5. The molecule has 0 spiro atoms. The van der Waals surface area contributed by atoms with Crippen molar-refractivity contribution in [3.05, 3.63) is 35.5 Å². The van der Waals surface area contributed by atoms with E-state index in [9.17, 15) is 8.42 Å². The summed E-state index contributed by atoms with van der Waals surface area (Å²) in [4.78, 5) is 6.71. The molecule has 0 amide bonds. The second kappa shape index (κ2) is 6.86. The van der Waals surface area contributed by atoms with Crippen LogP contribution in [0, 0.1) is 0 Å². The van der Waals surface area contributed by atoms with Crippen LogP contribution in [0.3, 0.4) is 0 Å². The Morgan fingerprint density at radius 3 is 2.58 bits per heavy atom. The molecule has 0 saturated carbocycles. The first-order chi connectivity index (χ1) is 11.4. The van der Waals surface area contributed by atoms with Crippen molar-refractivity contribution in [2.45, 2.75) is 25.8 Å². The summed E-state index contributed by atoms with van der Waals surface area (Å²) < 4.78 is 25.4. The van der Waals surface area contributed by atoms with Gasteiger partial charge in [0, 0.05) is 31.1 Å². The van der Waals surface area contributed by atoms with Gasteiger partial charge in [0.1, 0.15) is 11.0 Å². The smallest absolute Gasteiger partial charge is 0.211 e. The van der Waals surface area contributed by atoms with Gasteiger partial charge in [-0.15, -0.1) is 0 Å². The van der Waals surface area contributed by atoms with E-state index in [1.54, 1.807) is 4.31 Å². The van der Waals surface area contributed by atoms with Crippen LogP contribution in [-0.2, 0) is 10.0 Å². The molecule has 1 fully saturated rings. The average Bonchev–Trinajstić information content (AvgIpc) is 2.55. The number of aromatic nitrogens is 1. The molecule has 1 saturated heterocycles. The molecule has 2 heterocycles. The van der Waals surface area contributed by atoms with Crippen LogP contribution in [0.4, 0.5) is 5.82 Å². The van der Waals surface area contributed by atoms with E-state index in [-0.39, 0.29) is 6.04 Å². The number of fused-ring (bicyclic) bond motifs is 1. The van der Waals surface area contributed by atoms with Gasteiger partial charge in [0.25, 0.3) is 0 Å². The minimum atomic E-state index is -3.15. The third-order valence-corrected chi connectivity index (χ3v) is 6.31. The van der Waals surface area contributed by atoms with E-state index in [1.165, 1.54) is 6.26 Å². The third kappa shape index (κ3) is 3.50. The molecular formula is C17H22ClN3O2S. The number of rotatable bonds is 4. The van der Waals surface area contributed by atoms with Gasteiger partial charge in [-0.25, -0.2) is 13.4 Å². The Balaban J connectivity index is 1.78. The molecule has 1 aliphatic rings. The number of anilines is 1. The van der Waals surface area contributed by atoms with E-state index in [4.69, 9.17) is 11.6 Å². The highest BCUT2D eigenvalue weighted by Crippen LogP contribution is 2.28. The van der Waals surface area contributed by atoms with Crippen LogP contribution in [0.2, 0.25) is 5.15 Å². The minimum absolute atomic E-state index is 0.0668. The molecule has 2 aromatic rings. The van der Waals surface area contributed by atoms with Crippen LogP contribution in [-0.4, -0.2) is 49.6 Å². The number of hydrogen-bond acceptors (Lipinski definition) is 4. The third-order valence-electron chi connectivity index (χ3n) is 4.61. The van der Waals surface area contributed by atoms with Gasteiger partial charge in [0.05, 0.1) is 6.26 Å². The van der Waals surface area contributed by atoms with E-state index >= 15 is 0 Å². The lowest BCUT2D eigenvalue weighted by molar-refractivity contribution is 0.285. The number of pyridine rings is 1. The maximum atomic E-state index is 11.9. The van der Waals surface area contributed by atoms with Crippen molar-refractivity contribution in [3.8, 4) is 0 Å². The normalized spacial score (nSPS) is 16.9. The molecular weight excluding hydrogens is 346 g/mol. The maximum absolute atomic E-state index is 11.9. The summed E-state index contributed by atoms with van der Waals surface area (Å²) in [7, 11) is -3.15. The molecule has 0 aliphatic carbocycles. The Labute approximate surface area is 148 Å². The fraction of sp³-hybridized carbons (Fsp3) is 0.471. The van der Waals surface area contributed by atoms with Crippen molar-refractivity contribution in [2.75, 3.05) is 30.8 Å². The SMILES string of the molecule is CCN(C1CCN(c2cc3ccccc3c(Cl)n2)CC1)S(C)(=O)=O. The number of halogens is 1. The van der Waals surface area contributed by atoms with Crippen LogP contribution in [0.5, 0.6) is 0 Å². The van der Waals surface area contributed by atoms with E-state index in [0.717, 1.165) is 42.5 Å². The Hall–Kier alpha value is -1.37. The summed E-state index contributed by atoms with van der Waals surface area (Å²) in [6.07, 6.45) is 2.88. The Kier molecular flexibility index (Phi) is 4.99. The Morgan fingerprint density at radius 2 is 1.96 bits per heavy atom. The van der Waals surface area contributed by atoms with Crippen molar-refractivity contribution >= 4 is 38.2 Å². The summed E-state index contributed by atoms with van der Waals surface area (Å²) in [5, 5.41) is 2.53. The molecule has 0 unspecified atom stereocenters. The van der Waals surface area contributed by atoms with Crippen molar-refractivity contribution in [1.82, 2.24) is 9.29 Å². The van der Waals surface area contributed by atoms with E-state index in [2.05, 4.69) is 16.0 Å². The van der Waals surface area contributed by atoms with Gasteiger partial charge in [-0.2, -0.15) is 4.31 Å². The van der Waals surface area contributed by atoms with Crippen LogP contribution < -0.4 is 4.90 Å². The van der Waals surface area contributed by atoms with E-state index < -0.39 is 10.0 Å². The highest BCUT2D eigenvalue weighted by molar-refractivity contribution is 7.88. The van der Waals surface area contributed by atoms with Crippen molar-refractivity contribution in [1.29, 1.82) is 0 Å². The topological polar surface area (TPSA) is 53.5 Å². The highest BCUT2D eigenvalue weighted by atomic mass is 35.5. The molecule has 0 radical (unpaired) electrons. The number of sulfonamides is 1. The zero-order valence-electron chi connectivity index (χ0n) is 13.9. The highest BCUT2D eigenvalue weighted by Gasteiger charge is 2.29. The first kappa shape index (κ1) is 17.5. The second-order valence-electron chi connectivity index (χ2n) is 6.18. The van der Waals surface area contributed by atoms with Gasteiger partial charge >= 0.3 is 0 Å². The van der Waals surface area contributed by atoms with Crippen LogP contribution in [0.1, 0.15) is 19.8 Å². The van der Waals surface area contributed by atoms with Gasteiger partial charge < -0.3 is 4.90 Å². The lowest BCUT2D eigenvalue weighted by atomic mass is 10.0. The molecule has 130 valence electrons. The Morgan fingerprint density at radius 1 is 1.29 bits per heavy atom. The Bertz CT molecular complexity index is 833. The standard InChI is InChI=1S/C17H22ClN3O2S/c1-3-21(24(2,22)23)14-8-10-20(11-9-14)16-12-13-6-4-5-7-15(13)17(18)19-16/h4-7,12,14H,3,8-11H2,1-2H3. The summed E-state index contributed by atoms with van der Waals surface area (Å²) in [6, 6.07) is 10.0. The summed E-state index contributed by atoms with van der Waals surface area (Å²) >= 11 is 6.32. The predicted molar refractivity (Wildman–Crippen MR) is 99.2 cm³/mol. The monoisotopic (exact) mass is 367 g/mol. The molecule has 24 heavy (non-hydrogen) atoms. The van der Waals surface area contributed by atoms with Gasteiger partial charge in [-0.1, -0.05) is 42.8 Å². The molecule has 7 heteroatoms. The van der Waals surface area contributed by atoms with E-state index in [1.807, 2.05) is 31.2 Å². The molecule has 1 aromatic carbocycles. The molecule has 5 nitrogen and oxygen atoms in total. The van der Waals surface area contributed by atoms with Crippen molar-refractivity contribution in [2.24, 2.45) is 0 Å². The lowest BCUT2D eigenvalue weighted by Crippen LogP contribution is -2.47. The summed E-state index contributed by atoms with van der Waals surface area (Å²) in [6.45, 7) is 3.96. The first-order valence-corrected chi connectivity index (χ1v) is 10.4. The van der Waals surface area contributed by atoms with Crippen LogP contribution >= 0.6 is 11.6 Å². The number of benzene rings is 1. The molecule has 0 N–H and O–H groups in total. The molecule has 0 atom stereocenters. The lowest BCUT2D eigenvalue weighted by Gasteiger charge is -2.37. The summed E-state index contributed by atoms with van der Waals surface area (Å²) in [5.74, 6) is 0.861. The number of nitrogens with zero attached hydrogens (tertiary/aromatic N) is 3. The molecule has 3 rings (SSSR count). The maximum Gasteiger partial charge on any atom is 0.211 e. The summed E-state index contributed by atoms with van der Waals surface area (Å²) in [5.41, 5.74) is 0. The van der Waals surface area contributed by atoms with Crippen molar-refractivity contribution < 1.29 is 8.42 Å². The van der Waals surface area contributed by atoms with E-state index in [0.29, 0.717) is 11.7 Å². The molecule has 0 bridgehead atoms. The fourth-order valence-electron chi connectivity index (χ4n) is 3.45. The number of hydrogen-bond donors (Lipinski definition) is 0. The largest absolute Gasteiger partial charge is 0.356 e. The average molecular weight is 368 g/mol. The van der Waals surface area contributed by atoms with Crippen molar-refractivity contribution in [3.63, 3.8) is 0 Å².